The lowest BCUT2D eigenvalue weighted by molar-refractivity contribution is -0.132. The molecule has 0 rings (SSSR count). The number of rotatable bonds is 5. The van der Waals surface area contributed by atoms with Crippen molar-refractivity contribution in [2.75, 3.05) is 0 Å². The van der Waals surface area contributed by atoms with Gasteiger partial charge in [-0.15, -0.1) is 0 Å². The molecular weight excluding hydrogens is 249 g/mol. The van der Waals surface area contributed by atoms with Crippen molar-refractivity contribution in [2.45, 2.75) is 32.9 Å². The number of carbonyl (C=O) groups is 1. The van der Waals surface area contributed by atoms with Crippen molar-refractivity contribution >= 4 is 11.7 Å². The monoisotopic (exact) mass is 264 g/mol. The average Bonchev–Trinajstić information content (AvgIpc) is 2.23. The van der Waals surface area contributed by atoms with Gasteiger partial charge in [-0.3, -0.25) is 0 Å². The molecule has 0 aliphatic heterocycles. The molecule has 0 aliphatic rings. The fourth-order valence-corrected chi connectivity index (χ4v) is 0.923. The van der Waals surface area contributed by atoms with Crippen LogP contribution in [0.15, 0.2) is 28.5 Å². The maximum atomic E-state index is 12.2. The van der Waals surface area contributed by atoms with Gasteiger partial charge < -0.3 is 10.8 Å². The summed E-state index contributed by atoms with van der Waals surface area (Å²) >= 11 is 0. The first-order chi connectivity index (χ1) is 8.20. The second-order valence-corrected chi connectivity index (χ2v) is 3.50. The van der Waals surface area contributed by atoms with Gasteiger partial charge in [0.2, 0.25) is 0 Å². The Morgan fingerprint density at radius 3 is 2.39 bits per heavy atom. The highest BCUT2D eigenvalue weighted by Gasteiger charge is 2.32. The van der Waals surface area contributed by atoms with Crippen LogP contribution in [0.2, 0.25) is 0 Å². The Bertz CT molecular complexity index is 396. The van der Waals surface area contributed by atoms with Crippen molar-refractivity contribution in [3.63, 3.8) is 0 Å². The van der Waals surface area contributed by atoms with E-state index >= 15 is 0 Å². The summed E-state index contributed by atoms with van der Waals surface area (Å²) in [4.78, 5) is 13.8. The molecule has 0 heterocycles. The van der Waals surface area contributed by atoms with Crippen molar-refractivity contribution < 1.29 is 23.1 Å². The number of carboxylic acids is 1. The lowest BCUT2D eigenvalue weighted by atomic mass is 10.2. The van der Waals surface area contributed by atoms with Crippen molar-refractivity contribution in [1.82, 2.24) is 0 Å². The molecule has 0 saturated carbocycles. The van der Waals surface area contributed by atoms with Gasteiger partial charge in [0.15, 0.2) is 5.70 Å². The number of carboxylic acid groups (broad SMARTS) is 1. The minimum Gasteiger partial charge on any atom is -0.476 e. The van der Waals surface area contributed by atoms with Crippen LogP contribution in [0.3, 0.4) is 0 Å². The molecule has 4 nitrogen and oxygen atoms in total. The number of hydrogen-bond donors (Lipinski definition) is 2. The van der Waals surface area contributed by atoms with Gasteiger partial charge >= 0.3 is 12.1 Å². The Hall–Kier alpha value is -1.79. The van der Waals surface area contributed by atoms with Gasteiger partial charge in [0.1, 0.15) is 5.71 Å². The SMILES string of the molecule is CCC/C=C\C(N)=C(\N=C(C)C(F)(F)F)C(=O)O. The van der Waals surface area contributed by atoms with E-state index in [1.54, 1.807) is 6.08 Å². The number of unbranched alkanes of at least 4 members (excludes halogenated alkanes) is 1. The van der Waals surface area contributed by atoms with Crippen LogP contribution in [0.1, 0.15) is 26.7 Å². The number of nitrogens with two attached hydrogens (primary N) is 1. The van der Waals surface area contributed by atoms with Crippen LogP contribution in [-0.2, 0) is 4.79 Å². The molecule has 18 heavy (non-hydrogen) atoms. The first-order valence-electron chi connectivity index (χ1n) is 5.22. The molecule has 0 aromatic carbocycles. The Morgan fingerprint density at radius 2 is 2.00 bits per heavy atom. The highest BCUT2D eigenvalue weighted by Crippen LogP contribution is 2.19. The molecular formula is C11H15F3N2O2. The number of halogens is 3. The fourth-order valence-electron chi connectivity index (χ4n) is 0.923. The third-order valence-electron chi connectivity index (χ3n) is 1.92. The van der Waals surface area contributed by atoms with Gasteiger partial charge in [-0.25, -0.2) is 9.79 Å². The summed E-state index contributed by atoms with van der Waals surface area (Å²) in [5.41, 5.74) is 3.02. The molecule has 102 valence electrons. The normalized spacial score (nSPS) is 14.8. The standard InChI is InChI=1S/C11H15F3N2O2/c1-3-4-5-6-8(15)9(10(17)18)16-7(2)11(12,13)14/h5-6H,3-4,15H2,1-2H3,(H,17,18)/b6-5-,9-8-,16-7?. The molecule has 0 spiro atoms. The Balaban J connectivity index is 5.33. The van der Waals surface area contributed by atoms with Gasteiger partial charge in [0, 0.05) is 0 Å². The first kappa shape index (κ1) is 16.2. The predicted molar refractivity (Wildman–Crippen MR) is 62.1 cm³/mol. The van der Waals surface area contributed by atoms with E-state index in [2.05, 4.69) is 4.99 Å². The molecule has 0 aliphatic carbocycles. The second-order valence-electron chi connectivity index (χ2n) is 3.50. The molecule has 3 N–H and O–H groups in total. The van der Waals surface area contributed by atoms with E-state index in [0.717, 1.165) is 6.42 Å². The molecule has 0 fully saturated rings. The third-order valence-corrected chi connectivity index (χ3v) is 1.92. The van der Waals surface area contributed by atoms with E-state index in [1.807, 2.05) is 6.92 Å². The quantitative estimate of drug-likeness (QED) is 0.455. The number of aliphatic carboxylic acids is 1. The molecule has 0 radical (unpaired) electrons. The van der Waals surface area contributed by atoms with Crippen LogP contribution in [0, 0.1) is 0 Å². The zero-order chi connectivity index (χ0) is 14.3. The van der Waals surface area contributed by atoms with E-state index in [1.165, 1.54) is 6.08 Å². The average molecular weight is 264 g/mol. The highest BCUT2D eigenvalue weighted by atomic mass is 19.4. The number of aliphatic imine (C=N–C) groups is 1. The summed E-state index contributed by atoms with van der Waals surface area (Å²) in [6.07, 6.45) is -0.377. The highest BCUT2D eigenvalue weighted by molar-refractivity contribution is 5.95. The van der Waals surface area contributed by atoms with Crippen molar-refractivity contribution in [3.8, 4) is 0 Å². The Kier molecular flexibility index (Phi) is 6.15. The topological polar surface area (TPSA) is 75.7 Å². The van der Waals surface area contributed by atoms with Crippen LogP contribution in [0.4, 0.5) is 13.2 Å². The maximum absolute atomic E-state index is 12.2. The van der Waals surface area contributed by atoms with E-state index in [0.29, 0.717) is 13.3 Å². The number of alkyl halides is 3. The fraction of sp³-hybridized carbons (Fsp3) is 0.455. The van der Waals surface area contributed by atoms with Gasteiger partial charge in [-0.2, -0.15) is 13.2 Å². The van der Waals surface area contributed by atoms with Crippen LogP contribution < -0.4 is 5.73 Å². The zero-order valence-electron chi connectivity index (χ0n) is 10.1. The summed E-state index contributed by atoms with van der Waals surface area (Å²) in [6, 6.07) is 0. The van der Waals surface area contributed by atoms with Crippen molar-refractivity contribution in [3.05, 3.63) is 23.5 Å². The molecule has 7 heteroatoms. The molecule has 0 aromatic rings. The lowest BCUT2D eigenvalue weighted by Gasteiger charge is -2.06. The van der Waals surface area contributed by atoms with E-state index < -0.39 is 23.6 Å². The van der Waals surface area contributed by atoms with Crippen LogP contribution in [-0.4, -0.2) is 23.0 Å². The van der Waals surface area contributed by atoms with Gasteiger partial charge in [0.05, 0.1) is 5.70 Å². The van der Waals surface area contributed by atoms with E-state index in [-0.39, 0.29) is 5.70 Å². The zero-order valence-corrected chi connectivity index (χ0v) is 10.1. The largest absolute Gasteiger partial charge is 0.476 e. The second kappa shape index (κ2) is 6.83. The van der Waals surface area contributed by atoms with Crippen molar-refractivity contribution in [2.24, 2.45) is 10.7 Å². The van der Waals surface area contributed by atoms with Crippen LogP contribution >= 0.6 is 0 Å². The summed E-state index contributed by atoms with van der Waals surface area (Å²) < 4.78 is 36.7. The summed E-state index contributed by atoms with van der Waals surface area (Å²) in [5, 5.41) is 8.77. The van der Waals surface area contributed by atoms with Gasteiger partial charge in [0.25, 0.3) is 0 Å². The molecule has 0 atom stereocenters. The molecule has 0 aromatic heterocycles. The minimum absolute atomic E-state index is 0.306. The minimum atomic E-state index is -4.67. The van der Waals surface area contributed by atoms with E-state index in [9.17, 15) is 18.0 Å². The molecule has 0 saturated heterocycles. The Labute approximate surface area is 103 Å². The van der Waals surface area contributed by atoms with Crippen LogP contribution in [0.25, 0.3) is 0 Å². The lowest BCUT2D eigenvalue weighted by Crippen LogP contribution is -2.21. The summed E-state index contributed by atoms with van der Waals surface area (Å²) in [6.45, 7) is 2.58. The number of allylic oxidation sites excluding steroid dienone is 2. The molecule has 0 unspecified atom stereocenters. The summed E-state index contributed by atoms with van der Waals surface area (Å²) in [7, 11) is 0. The molecule has 0 bridgehead atoms. The Morgan fingerprint density at radius 1 is 1.44 bits per heavy atom. The number of hydrogen-bond acceptors (Lipinski definition) is 3. The van der Waals surface area contributed by atoms with Crippen LogP contribution in [0.5, 0.6) is 0 Å². The first-order valence-corrected chi connectivity index (χ1v) is 5.22. The van der Waals surface area contributed by atoms with Crippen molar-refractivity contribution in [1.29, 1.82) is 0 Å². The van der Waals surface area contributed by atoms with Gasteiger partial charge in [-0.1, -0.05) is 19.4 Å². The predicted octanol–water partition coefficient (Wildman–Crippen LogP) is 2.62. The summed E-state index contributed by atoms with van der Waals surface area (Å²) in [5.74, 6) is -1.60. The van der Waals surface area contributed by atoms with Gasteiger partial charge in [-0.05, 0) is 19.4 Å². The smallest absolute Gasteiger partial charge is 0.429 e. The number of nitrogens with zero attached hydrogens (tertiary/aromatic N) is 1. The molecule has 0 amide bonds. The van der Waals surface area contributed by atoms with E-state index in [4.69, 9.17) is 10.8 Å². The third kappa shape index (κ3) is 5.51. The maximum Gasteiger partial charge on any atom is 0.429 e.